The fourth-order valence-corrected chi connectivity index (χ4v) is 4.40. The van der Waals surface area contributed by atoms with Crippen molar-refractivity contribution in [3.8, 4) is 17.0 Å². The minimum absolute atomic E-state index is 0.0768. The molecule has 0 spiro atoms. The van der Waals surface area contributed by atoms with Crippen LogP contribution in [0.15, 0.2) is 12.1 Å². The van der Waals surface area contributed by atoms with Gasteiger partial charge in [0.25, 0.3) is 0 Å². The second-order valence-electron chi connectivity index (χ2n) is 8.64. The molecule has 1 aliphatic carbocycles. The van der Waals surface area contributed by atoms with Crippen LogP contribution in [0, 0.1) is 0 Å². The first kappa shape index (κ1) is 24.7. The van der Waals surface area contributed by atoms with E-state index in [1.807, 2.05) is 11.9 Å². The molecule has 10 nitrogen and oxygen atoms in total. The first-order valence-corrected chi connectivity index (χ1v) is 11.8. The zero-order chi connectivity index (χ0) is 24.4. The van der Waals surface area contributed by atoms with E-state index in [2.05, 4.69) is 15.3 Å². The molecule has 0 radical (unpaired) electrons. The highest BCUT2D eigenvalue weighted by molar-refractivity contribution is 6.37. The van der Waals surface area contributed by atoms with Gasteiger partial charge < -0.3 is 35.8 Å². The number of aliphatic hydroxyl groups is 2. The van der Waals surface area contributed by atoms with Crippen molar-refractivity contribution < 1.29 is 19.7 Å². The van der Waals surface area contributed by atoms with Crippen molar-refractivity contribution in [3.05, 3.63) is 33.4 Å². The normalized spacial score (nSPS) is 16.0. The number of fused-ring (bicyclic) bond motifs is 1. The third kappa shape index (κ3) is 5.81. The summed E-state index contributed by atoms with van der Waals surface area (Å²) in [5, 5.41) is 22.4. The molecule has 5 N–H and O–H groups in total. The Hall–Kier alpha value is -2.37. The number of likely N-dealkylation sites (N-methyl/N-ethyl adjacent to an activating group) is 1. The smallest absolute Gasteiger partial charge is 0.318 e. The number of halogens is 2. The maximum Gasteiger partial charge on any atom is 0.318 e. The van der Waals surface area contributed by atoms with Crippen LogP contribution in [-0.2, 0) is 13.1 Å². The summed E-state index contributed by atoms with van der Waals surface area (Å²) in [6.45, 7) is 1.40. The van der Waals surface area contributed by atoms with Gasteiger partial charge in [0, 0.05) is 29.7 Å². The van der Waals surface area contributed by atoms with Crippen LogP contribution in [-0.4, -0.2) is 81.5 Å². The number of nitrogens with zero attached hydrogens (tertiary/aromatic N) is 4. The molecule has 1 saturated carbocycles. The van der Waals surface area contributed by atoms with Crippen LogP contribution in [0.3, 0.4) is 0 Å². The van der Waals surface area contributed by atoms with Crippen LogP contribution < -0.4 is 15.8 Å². The lowest BCUT2D eigenvalue weighted by Crippen LogP contribution is -2.37. The van der Waals surface area contributed by atoms with Crippen molar-refractivity contribution in [1.29, 1.82) is 0 Å². The third-order valence-corrected chi connectivity index (χ3v) is 6.23. The molecule has 2 aromatic rings. The van der Waals surface area contributed by atoms with E-state index < -0.39 is 6.10 Å². The highest BCUT2D eigenvalue weighted by Gasteiger charge is 2.33. The Morgan fingerprint density at radius 2 is 2.12 bits per heavy atom. The number of nitrogen functional groups attached to an aromatic ring is 1. The zero-order valence-electron chi connectivity index (χ0n) is 18.8. The maximum absolute atomic E-state index is 12.6. The molecule has 1 aliphatic heterocycles. The number of anilines is 1. The molecule has 0 saturated heterocycles. The maximum atomic E-state index is 12.6. The van der Waals surface area contributed by atoms with Gasteiger partial charge in [-0.2, -0.15) is 0 Å². The van der Waals surface area contributed by atoms with Gasteiger partial charge in [0.1, 0.15) is 12.4 Å². The highest BCUT2D eigenvalue weighted by Crippen LogP contribution is 2.42. The molecule has 1 atom stereocenters. The summed E-state index contributed by atoms with van der Waals surface area (Å²) in [4.78, 5) is 24.9. The number of urea groups is 1. The van der Waals surface area contributed by atoms with Crippen molar-refractivity contribution in [3.63, 3.8) is 0 Å². The van der Waals surface area contributed by atoms with E-state index in [4.69, 9.17) is 38.8 Å². The number of carbonyl (C=O) groups is 1. The van der Waals surface area contributed by atoms with Gasteiger partial charge in [0.15, 0.2) is 0 Å². The predicted molar refractivity (Wildman–Crippen MR) is 129 cm³/mol. The first-order valence-electron chi connectivity index (χ1n) is 11.1. The quantitative estimate of drug-likeness (QED) is 0.401. The summed E-state index contributed by atoms with van der Waals surface area (Å²) >= 11 is 12.9. The number of ether oxygens (including phenoxy) is 1. The van der Waals surface area contributed by atoms with Crippen LogP contribution in [0.5, 0.6) is 5.75 Å². The summed E-state index contributed by atoms with van der Waals surface area (Å²) in [6.07, 6.45) is 1.17. The summed E-state index contributed by atoms with van der Waals surface area (Å²) in [5.41, 5.74) is 8.47. The minimum Gasteiger partial charge on any atom is -0.491 e. The van der Waals surface area contributed by atoms with Crippen molar-refractivity contribution in [2.75, 3.05) is 39.1 Å². The van der Waals surface area contributed by atoms with E-state index in [0.29, 0.717) is 58.9 Å². The largest absolute Gasteiger partial charge is 0.491 e. The molecular formula is C22H28Cl2N6O4. The number of aliphatic hydroxyl groups excluding tert-OH is 2. The van der Waals surface area contributed by atoms with Crippen LogP contribution in [0.2, 0.25) is 10.0 Å². The molecule has 1 aromatic carbocycles. The Bertz CT molecular complexity index is 1070. The topological polar surface area (TPSA) is 137 Å². The SMILES string of the molecule is CN(CCOc1cc(Cl)cc(Cl)c1-c1nc(N)nc2c1CN(C(=O)NC1CC1)C2)CC(O)CO. The van der Waals surface area contributed by atoms with Crippen LogP contribution in [0.25, 0.3) is 11.3 Å². The highest BCUT2D eigenvalue weighted by atomic mass is 35.5. The van der Waals surface area contributed by atoms with Gasteiger partial charge in [0.2, 0.25) is 5.95 Å². The molecule has 4 rings (SSSR count). The number of amides is 2. The van der Waals surface area contributed by atoms with E-state index in [1.54, 1.807) is 17.0 Å². The van der Waals surface area contributed by atoms with Gasteiger partial charge in [-0.15, -0.1) is 0 Å². The number of rotatable bonds is 9. The summed E-state index contributed by atoms with van der Waals surface area (Å²) in [6, 6.07) is 3.36. The number of hydrogen-bond acceptors (Lipinski definition) is 8. The molecule has 34 heavy (non-hydrogen) atoms. The van der Waals surface area contributed by atoms with Gasteiger partial charge >= 0.3 is 6.03 Å². The summed E-state index contributed by atoms with van der Waals surface area (Å²) < 4.78 is 6.03. The minimum atomic E-state index is -0.826. The van der Waals surface area contributed by atoms with Crippen molar-refractivity contribution in [2.24, 2.45) is 0 Å². The van der Waals surface area contributed by atoms with Gasteiger partial charge in [-0.3, -0.25) is 0 Å². The molecule has 2 aliphatic rings. The van der Waals surface area contributed by atoms with Crippen molar-refractivity contribution in [2.45, 2.75) is 38.1 Å². The third-order valence-electron chi connectivity index (χ3n) is 5.71. The molecule has 12 heteroatoms. The zero-order valence-corrected chi connectivity index (χ0v) is 20.3. The lowest BCUT2D eigenvalue weighted by Gasteiger charge is -2.21. The number of nitrogens with one attached hydrogen (secondary N) is 1. The van der Waals surface area contributed by atoms with Gasteiger partial charge in [-0.05, 0) is 32.0 Å². The monoisotopic (exact) mass is 510 g/mol. The second kappa shape index (κ2) is 10.5. The summed E-state index contributed by atoms with van der Waals surface area (Å²) in [7, 11) is 1.81. The number of nitrogens with two attached hydrogens (primary N) is 1. The molecule has 0 bridgehead atoms. The number of carbonyl (C=O) groups excluding carboxylic acids is 1. The average molecular weight is 511 g/mol. The van der Waals surface area contributed by atoms with Crippen molar-refractivity contribution >= 4 is 35.2 Å². The van der Waals surface area contributed by atoms with Crippen LogP contribution in [0.4, 0.5) is 10.7 Å². The standard InChI is InChI=1S/C22H28Cl2N6O4/c1-29(8-14(32)11-31)4-5-34-18-7-12(23)6-16(24)19(18)20-15-9-30(22(33)26-13-2-3-13)10-17(15)27-21(25)28-20/h6-7,13-14,31-32H,2-5,8-11H2,1H3,(H,26,33)(H2,25,27,28). The molecule has 2 heterocycles. The van der Waals surface area contributed by atoms with Gasteiger partial charge in [0.05, 0.1) is 47.8 Å². The Balaban J connectivity index is 1.58. The van der Waals surface area contributed by atoms with E-state index in [9.17, 15) is 9.90 Å². The Morgan fingerprint density at radius 3 is 2.82 bits per heavy atom. The van der Waals surface area contributed by atoms with Crippen LogP contribution >= 0.6 is 23.2 Å². The molecule has 184 valence electrons. The van der Waals surface area contributed by atoms with E-state index in [0.717, 1.165) is 18.4 Å². The molecule has 2 amide bonds. The molecule has 1 fully saturated rings. The first-order chi connectivity index (χ1) is 16.2. The van der Waals surface area contributed by atoms with E-state index >= 15 is 0 Å². The Kier molecular flexibility index (Phi) is 7.63. The average Bonchev–Trinajstić information content (AvgIpc) is 3.47. The lowest BCUT2D eigenvalue weighted by atomic mass is 10.0. The second-order valence-corrected chi connectivity index (χ2v) is 9.49. The predicted octanol–water partition coefficient (Wildman–Crippen LogP) is 1.88. The van der Waals surface area contributed by atoms with Gasteiger partial charge in [-0.25, -0.2) is 14.8 Å². The van der Waals surface area contributed by atoms with E-state index in [1.165, 1.54) is 0 Å². The number of aromatic nitrogens is 2. The fourth-order valence-electron chi connectivity index (χ4n) is 3.83. The Labute approximate surface area is 207 Å². The molecular weight excluding hydrogens is 483 g/mol. The van der Waals surface area contributed by atoms with Crippen LogP contribution in [0.1, 0.15) is 24.1 Å². The van der Waals surface area contributed by atoms with Crippen molar-refractivity contribution in [1.82, 2.24) is 25.1 Å². The Morgan fingerprint density at radius 1 is 1.35 bits per heavy atom. The fraction of sp³-hybridized carbons (Fsp3) is 0.500. The van der Waals surface area contributed by atoms with Gasteiger partial charge in [-0.1, -0.05) is 23.2 Å². The lowest BCUT2D eigenvalue weighted by molar-refractivity contribution is 0.0631. The molecule has 1 unspecified atom stereocenters. The number of hydrogen-bond donors (Lipinski definition) is 4. The summed E-state index contributed by atoms with van der Waals surface area (Å²) in [5.74, 6) is 0.502. The van der Waals surface area contributed by atoms with E-state index in [-0.39, 0.29) is 31.2 Å². The number of benzene rings is 1. The molecule has 1 aromatic heterocycles.